The van der Waals surface area contributed by atoms with E-state index in [1.807, 2.05) is 19.1 Å². The van der Waals surface area contributed by atoms with Crippen molar-refractivity contribution in [1.82, 2.24) is 9.97 Å². The van der Waals surface area contributed by atoms with E-state index in [0.29, 0.717) is 16.7 Å². The van der Waals surface area contributed by atoms with Crippen molar-refractivity contribution in [2.75, 3.05) is 0 Å². The molecule has 0 bridgehead atoms. The Morgan fingerprint density at radius 2 is 2.15 bits per heavy atom. The van der Waals surface area contributed by atoms with Crippen LogP contribution in [-0.2, 0) is 5.75 Å². The molecule has 0 N–H and O–H groups in total. The molecule has 0 atom stereocenters. The SMILES string of the molecule is Cc1cc2c(Cl)nc(CSc3cccc(F)c3)nc2s1. The summed E-state index contributed by atoms with van der Waals surface area (Å²) in [5.74, 6) is 0.993. The molecule has 0 unspecified atom stereocenters. The van der Waals surface area contributed by atoms with E-state index in [1.165, 1.54) is 23.9 Å². The van der Waals surface area contributed by atoms with Crippen molar-refractivity contribution in [3.05, 3.63) is 52.0 Å². The Morgan fingerprint density at radius 1 is 1.30 bits per heavy atom. The quantitative estimate of drug-likeness (QED) is 0.496. The normalized spacial score (nSPS) is 11.2. The number of thiophene rings is 1. The lowest BCUT2D eigenvalue weighted by molar-refractivity contribution is 0.624. The first-order valence-electron chi connectivity index (χ1n) is 5.93. The highest BCUT2D eigenvalue weighted by Crippen LogP contribution is 2.30. The summed E-state index contributed by atoms with van der Waals surface area (Å²) in [6.07, 6.45) is 0. The highest BCUT2D eigenvalue weighted by atomic mass is 35.5. The molecule has 3 rings (SSSR count). The lowest BCUT2D eigenvalue weighted by Gasteiger charge is -2.02. The third kappa shape index (κ3) is 2.95. The number of aryl methyl sites for hydroxylation is 1. The van der Waals surface area contributed by atoms with Gasteiger partial charge in [-0.05, 0) is 31.2 Å². The molecular formula is C14H10ClFN2S2. The summed E-state index contributed by atoms with van der Waals surface area (Å²) >= 11 is 9.26. The Labute approximate surface area is 129 Å². The third-order valence-electron chi connectivity index (χ3n) is 2.68. The maximum absolute atomic E-state index is 13.1. The zero-order chi connectivity index (χ0) is 14.1. The molecular weight excluding hydrogens is 315 g/mol. The van der Waals surface area contributed by atoms with Gasteiger partial charge >= 0.3 is 0 Å². The van der Waals surface area contributed by atoms with E-state index in [-0.39, 0.29) is 5.82 Å². The molecule has 0 saturated carbocycles. The van der Waals surface area contributed by atoms with E-state index in [9.17, 15) is 4.39 Å². The Hall–Kier alpha value is -1.17. The smallest absolute Gasteiger partial charge is 0.142 e. The number of fused-ring (bicyclic) bond motifs is 1. The van der Waals surface area contributed by atoms with Crippen molar-refractivity contribution >= 4 is 44.9 Å². The number of nitrogens with zero attached hydrogens (tertiary/aromatic N) is 2. The van der Waals surface area contributed by atoms with E-state index >= 15 is 0 Å². The van der Waals surface area contributed by atoms with Crippen LogP contribution in [0.1, 0.15) is 10.7 Å². The molecule has 0 radical (unpaired) electrons. The standard InChI is InChI=1S/C14H10ClFN2S2/c1-8-5-11-13(15)17-12(18-14(11)20-8)7-19-10-4-2-3-9(16)6-10/h2-6H,7H2,1H3. The second kappa shape index (κ2) is 5.68. The van der Waals surface area contributed by atoms with Gasteiger partial charge in [0.1, 0.15) is 21.6 Å². The minimum absolute atomic E-state index is 0.238. The number of thioether (sulfide) groups is 1. The Balaban J connectivity index is 1.84. The van der Waals surface area contributed by atoms with Crippen molar-refractivity contribution < 1.29 is 4.39 Å². The van der Waals surface area contributed by atoms with Gasteiger partial charge in [0, 0.05) is 15.2 Å². The van der Waals surface area contributed by atoms with Crippen molar-refractivity contribution in [2.45, 2.75) is 17.6 Å². The van der Waals surface area contributed by atoms with Crippen LogP contribution < -0.4 is 0 Å². The monoisotopic (exact) mass is 324 g/mol. The molecule has 2 aromatic heterocycles. The van der Waals surface area contributed by atoms with Crippen molar-refractivity contribution in [3.63, 3.8) is 0 Å². The Morgan fingerprint density at radius 3 is 2.95 bits per heavy atom. The van der Waals surface area contributed by atoms with Crippen LogP contribution in [0.2, 0.25) is 5.15 Å². The number of hydrogen-bond donors (Lipinski definition) is 0. The van der Waals surface area contributed by atoms with Gasteiger partial charge in [0.2, 0.25) is 0 Å². The maximum atomic E-state index is 13.1. The van der Waals surface area contributed by atoms with Crippen LogP contribution in [0, 0.1) is 12.7 Å². The van der Waals surface area contributed by atoms with Gasteiger partial charge in [0.25, 0.3) is 0 Å². The molecule has 3 aromatic rings. The summed E-state index contributed by atoms with van der Waals surface area (Å²) in [6, 6.07) is 8.48. The predicted molar refractivity (Wildman–Crippen MR) is 83.1 cm³/mol. The van der Waals surface area contributed by atoms with Crippen LogP contribution in [0.15, 0.2) is 35.2 Å². The molecule has 20 heavy (non-hydrogen) atoms. The van der Waals surface area contributed by atoms with Gasteiger partial charge in [-0.3, -0.25) is 0 Å². The maximum Gasteiger partial charge on any atom is 0.142 e. The summed E-state index contributed by atoms with van der Waals surface area (Å²) in [6.45, 7) is 2.02. The van der Waals surface area contributed by atoms with Crippen LogP contribution in [0.5, 0.6) is 0 Å². The second-order valence-electron chi connectivity index (χ2n) is 4.25. The lowest BCUT2D eigenvalue weighted by atomic mass is 10.4. The third-order valence-corrected chi connectivity index (χ3v) is 4.90. The Bertz CT molecular complexity index is 773. The minimum atomic E-state index is -0.238. The van der Waals surface area contributed by atoms with Crippen LogP contribution in [0.4, 0.5) is 4.39 Å². The van der Waals surface area contributed by atoms with Crippen LogP contribution in [0.25, 0.3) is 10.2 Å². The van der Waals surface area contributed by atoms with Gasteiger partial charge in [-0.25, -0.2) is 14.4 Å². The van der Waals surface area contributed by atoms with Gasteiger partial charge in [0.05, 0.1) is 5.75 Å². The van der Waals surface area contributed by atoms with Gasteiger partial charge in [-0.1, -0.05) is 17.7 Å². The average molecular weight is 325 g/mol. The minimum Gasteiger partial charge on any atom is -0.221 e. The molecule has 0 fully saturated rings. The first-order chi connectivity index (χ1) is 9.61. The molecule has 1 aromatic carbocycles. The fourth-order valence-corrected chi connectivity index (χ4v) is 3.81. The summed E-state index contributed by atoms with van der Waals surface area (Å²) in [4.78, 5) is 11.7. The van der Waals surface area contributed by atoms with Gasteiger partial charge in [-0.2, -0.15) is 0 Å². The van der Waals surface area contributed by atoms with E-state index in [4.69, 9.17) is 11.6 Å². The predicted octanol–water partition coefficient (Wildman–Crippen LogP) is 5.08. The molecule has 0 amide bonds. The molecule has 0 aliphatic carbocycles. The molecule has 6 heteroatoms. The summed E-state index contributed by atoms with van der Waals surface area (Å²) in [5, 5.41) is 1.38. The fourth-order valence-electron chi connectivity index (χ4n) is 1.82. The van der Waals surface area contributed by atoms with Crippen molar-refractivity contribution in [2.24, 2.45) is 0 Å². The van der Waals surface area contributed by atoms with Gasteiger partial charge in [0.15, 0.2) is 0 Å². The van der Waals surface area contributed by atoms with Gasteiger partial charge in [-0.15, -0.1) is 23.1 Å². The molecule has 2 nitrogen and oxygen atoms in total. The molecule has 102 valence electrons. The van der Waals surface area contributed by atoms with Crippen molar-refractivity contribution in [1.29, 1.82) is 0 Å². The molecule has 0 saturated heterocycles. The summed E-state index contributed by atoms with van der Waals surface area (Å²) in [5.41, 5.74) is 0. The largest absolute Gasteiger partial charge is 0.221 e. The van der Waals surface area contributed by atoms with Crippen LogP contribution in [0.3, 0.4) is 0 Å². The van der Waals surface area contributed by atoms with Crippen LogP contribution >= 0.6 is 34.7 Å². The number of benzene rings is 1. The highest BCUT2D eigenvalue weighted by Gasteiger charge is 2.09. The molecule has 0 aliphatic heterocycles. The first-order valence-corrected chi connectivity index (χ1v) is 8.11. The van der Waals surface area contributed by atoms with E-state index in [1.54, 1.807) is 17.4 Å². The fraction of sp³-hybridized carbons (Fsp3) is 0.143. The van der Waals surface area contributed by atoms with E-state index < -0.39 is 0 Å². The number of rotatable bonds is 3. The lowest BCUT2D eigenvalue weighted by Crippen LogP contribution is -1.92. The second-order valence-corrected chi connectivity index (χ2v) is 6.89. The number of halogens is 2. The number of hydrogen-bond acceptors (Lipinski definition) is 4. The molecule has 0 spiro atoms. The Kier molecular flexibility index (Phi) is 3.92. The molecule has 0 aliphatic rings. The topological polar surface area (TPSA) is 25.8 Å². The zero-order valence-corrected chi connectivity index (χ0v) is 12.9. The highest BCUT2D eigenvalue weighted by molar-refractivity contribution is 7.98. The van der Waals surface area contributed by atoms with E-state index in [0.717, 1.165) is 20.0 Å². The summed E-state index contributed by atoms with van der Waals surface area (Å²) in [7, 11) is 0. The number of aromatic nitrogens is 2. The van der Waals surface area contributed by atoms with Crippen LogP contribution in [-0.4, -0.2) is 9.97 Å². The van der Waals surface area contributed by atoms with E-state index in [2.05, 4.69) is 9.97 Å². The zero-order valence-electron chi connectivity index (χ0n) is 10.6. The van der Waals surface area contributed by atoms with Gasteiger partial charge < -0.3 is 0 Å². The van der Waals surface area contributed by atoms with Crippen molar-refractivity contribution in [3.8, 4) is 0 Å². The summed E-state index contributed by atoms with van der Waals surface area (Å²) < 4.78 is 13.1. The molecule has 2 heterocycles. The first kappa shape index (κ1) is 13.8. The average Bonchev–Trinajstić information content (AvgIpc) is 2.78.